The van der Waals surface area contributed by atoms with Gasteiger partial charge in [0.25, 0.3) is 0 Å². The Hall–Kier alpha value is -1.81. The molecule has 0 bridgehead atoms. The summed E-state index contributed by atoms with van der Waals surface area (Å²) in [7, 11) is -0.974. The molecule has 0 fully saturated rings. The number of para-hydroxylation sites is 1. The van der Waals surface area contributed by atoms with Gasteiger partial charge in [-0.05, 0) is 31.0 Å². The lowest BCUT2D eigenvalue weighted by Crippen LogP contribution is -2.17. The Balaban J connectivity index is 1.76. The van der Waals surface area contributed by atoms with Crippen LogP contribution in [0.3, 0.4) is 0 Å². The first-order chi connectivity index (χ1) is 10.6. The molecule has 0 saturated heterocycles. The maximum Gasteiger partial charge on any atom is 0.165 e. The lowest BCUT2D eigenvalue weighted by atomic mass is 10.1. The van der Waals surface area contributed by atoms with Crippen molar-refractivity contribution in [2.75, 3.05) is 13.2 Å². The number of hydrogen-bond donors (Lipinski definition) is 0. The molecule has 22 heavy (non-hydrogen) atoms. The van der Waals surface area contributed by atoms with E-state index in [-0.39, 0.29) is 0 Å². The predicted molar refractivity (Wildman–Crippen MR) is 88.9 cm³/mol. The van der Waals surface area contributed by atoms with Crippen molar-refractivity contribution >= 4 is 10.8 Å². The second-order valence-electron chi connectivity index (χ2n) is 5.60. The Morgan fingerprint density at radius 1 is 1.00 bits per heavy atom. The van der Waals surface area contributed by atoms with Gasteiger partial charge in [0.15, 0.2) is 11.5 Å². The Kier molecular flexibility index (Phi) is 4.48. The first-order valence-corrected chi connectivity index (χ1v) is 8.91. The number of benzene rings is 2. The monoisotopic (exact) mass is 316 g/mol. The fraction of sp³-hybridized carbons (Fsp3) is 0.333. The number of fused-ring (bicyclic) bond motifs is 1. The van der Waals surface area contributed by atoms with Crippen molar-refractivity contribution in [3.8, 4) is 11.5 Å². The Bertz CT molecular complexity index is 709. The van der Waals surface area contributed by atoms with Gasteiger partial charge in [-0.3, -0.25) is 4.21 Å². The minimum absolute atomic E-state index is 0.486. The third kappa shape index (κ3) is 3.33. The van der Waals surface area contributed by atoms with Crippen LogP contribution in [0.1, 0.15) is 22.3 Å². The van der Waals surface area contributed by atoms with E-state index in [1.807, 2.05) is 18.2 Å². The van der Waals surface area contributed by atoms with Crippen molar-refractivity contribution in [2.45, 2.75) is 25.4 Å². The predicted octanol–water partition coefficient (Wildman–Crippen LogP) is 3.52. The summed E-state index contributed by atoms with van der Waals surface area (Å²) >= 11 is 0. The molecule has 0 aromatic heterocycles. The van der Waals surface area contributed by atoms with Gasteiger partial charge in [0.1, 0.15) is 13.2 Å². The minimum Gasteiger partial charge on any atom is -0.486 e. The smallest absolute Gasteiger partial charge is 0.165 e. The van der Waals surface area contributed by atoms with Crippen LogP contribution in [0, 0.1) is 13.8 Å². The third-order valence-electron chi connectivity index (χ3n) is 3.79. The molecule has 0 radical (unpaired) electrons. The van der Waals surface area contributed by atoms with Crippen molar-refractivity contribution in [1.29, 1.82) is 0 Å². The van der Waals surface area contributed by atoms with Crippen molar-refractivity contribution in [1.82, 2.24) is 0 Å². The maximum atomic E-state index is 12.5. The van der Waals surface area contributed by atoms with Crippen LogP contribution in [0.4, 0.5) is 0 Å². The zero-order valence-electron chi connectivity index (χ0n) is 12.9. The molecule has 116 valence electrons. The maximum absolute atomic E-state index is 12.5. The first-order valence-electron chi connectivity index (χ1n) is 7.42. The number of rotatable bonds is 4. The van der Waals surface area contributed by atoms with Crippen molar-refractivity contribution in [3.63, 3.8) is 0 Å². The molecule has 0 unspecified atom stereocenters. The van der Waals surface area contributed by atoms with Gasteiger partial charge in [0.2, 0.25) is 0 Å². The summed E-state index contributed by atoms with van der Waals surface area (Å²) in [5.74, 6) is 2.56. The van der Waals surface area contributed by atoms with Crippen LogP contribution in [0.25, 0.3) is 0 Å². The quantitative estimate of drug-likeness (QED) is 0.866. The van der Waals surface area contributed by atoms with E-state index in [4.69, 9.17) is 9.47 Å². The highest BCUT2D eigenvalue weighted by molar-refractivity contribution is 7.83. The van der Waals surface area contributed by atoms with Gasteiger partial charge in [0, 0.05) is 22.1 Å². The van der Waals surface area contributed by atoms with E-state index in [2.05, 4.69) is 32.0 Å². The first kappa shape index (κ1) is 15.1. The molecular weight excluding hydrogens is 296 g/mol. The second kappa shape index (κ2) is 6.53. The van der Waals surface area contributed by atoms with E-state index in [0.717, 1.165) is 22.6 Å². The van der Waals surface area contributed by atoms with E-state index in [0.29, 0.717) is 24.7 Å². The zero-order chi connectivity index (χ0) is 15.5. The van der Waals surface area contributed by atoms with Crippen LogP contribution < -0.4 is 9.47 Å². The molecule has 0 saturated carbocycles. The molecule has 3 rings (SSSR count). The summed E-state index contributed by atoms with van der Waals surface area (Å²) in [6.45, 7) is 5.24. The van der Waals surface area contributed by atoms with Gasteiger partial charge >= 0.3 is 0 Å². The summed E-state index contributed by atoms with van der Waals surface area (Å²) < 4.78 is 23.8. The van der Waals surface area contributed by atoms with Crippen LogP contribution in [0.15, 0.2) is 36.4 Å². The van der Waals surface area contributed by atoms with Crippen molar-refractivity contribution in [3.05, 3.63) is 58.7 Å². The molecule has 1 heterocycles. The molecule has 0 aliphatic carbocycles. The summed E-state index contributed by atoms with van der Waals surface area (Å²) in [4.78, 5) is 0. The average molecular weight is 316 g/mol. The Morgan fingerprint density at radius 2 is 1.77 bits per heavy atom. The molecule has 1 aliphatic heterocycles. The molecular formula is C18H20O3S. The Labute approximate surface area is 133 Å². The van der Waals surface area contributed by atoms with Gasteiger partial charge in [-0.2, -0.15) is 0 Å². The summed E-state index contributed by atoms with van der Waals surface area (Å²) in [5, 5.41) is 0. The Morgan fingerprint density at radius 3 is 2.64 bits per heavy atom. The fourth-order valence-electron chi connectivity index (χ4n) is 2.60. The van der Waals surface area contributed by atoms with Gasteiger partial charge in [-0.15, -0.1) is 0 Å². The topological polar surface area (TPSA) is 35.5 Å². The lowest BCUT2D eigenvalue weighted by molar-refractivity contribution is 0.170. The van der Waals surface area contributed by atoms with E-state index in [1.165, 1.54) is 11.1 Å². The summed E-state index contributed by atoms with van der Waals surface area (Å²) in [6, 6.07) is 12.1. The summed E-state index contributed by atoms with van der Waals surface area (Å²) in [6.07, 6.45) is 0. The van der Waals surface area contributed by atoms with Crippen LogP contribution in [0.2, 0.25) is 0 Å². The van der Waals surface area contributed by atoms with E-state index < -0.39 is 10.8 Å². The number of aryl methyl sites for hydroxylation is 2. The van der Waals surface area contributed by atoms with Gasteiger partial charge in [-0.1, -0.05) is 35.9 Å². The fourth-order valence-corrected chi connectivity index (χ4v) is 3.94. The minimum atomic E-state index is -0.974. The van der Waals surface area contributed by atoms with Crippen molar-refractivity contribution < 1.29 is 13.7 Å². The van der Waals surface area contributed by atoms with E-state index >= 15 is 0 Å². The van der Waals surface area contributed by atoms with Crippen LogP contribution in [-0.4, -0.2) is 17.4 Å². The molecule has 4 heteroatoms. The highest BCUT2D eigenvalue weighted by atomic mass is 32.2. The summed E-state index contributed by atoms with van der Waals surface area (Å²) in [5.41, 5.74) is 4.50. The van der Waals surface area contributed by atoms with Crippen LogP contribution >= 0.6 is 0 Å². The molecule has 2 aromatic carbocycles. The normalized spacial score (nSPS) is 14.6. The van der Waals surface area contributed by atoms with Crippen molar-refractivity contribution in [2.24, 2.45) is 0 Å². The molecule has 0 spiro atoms. The zero-order valence-corrected chi connectivity index (χ0v) is 13.7. The van der Waals surface area contributed by atoms with Gasteiger partial charge < -0.3 is 9.47 Å². The highest BCUT2D eigenvalue weighted by Crippen LogP contribution is 2.34. The molecule has 1 atom stereocenters. The molecule has 0 N–H and O–H groups in total. The molecule has 2 aromatic rings. The third-order valence-corrected chi connectivity index (χ3v) is 5.05. The highest BCUT2D eigenvalue weighted by Gasteiger charge is 2.17. The van der Waals surface area contributed by atoms with Gasteiger partial charge in [-0.25, -0.2) is 0 Å². The molecule has 3 nitrogen and oxygen atoms in total. The molecule has 0 amide bonds. The average Bonchev–Trinajstić information content (AvgIpc) is 2.51. The SMILES string of the molecule is Cc1ccc(C)c(C[S@](=O)Cc2cccc3c2OCCO3)c1. The lowest BCUT2D eigenvalue weighted by Gasteiger charge is -2.20. The van der Waals surface area contributed by atoms with E-state index in [1.54, 1.807) is 0 Å². The van der Waals surface area contributed by atoms with Crippen LogP contribution in [-0.2, 0) is 22.3 Å². The largest absolute Gasteiger partial charge is 0.486 e. The number of hydrogen-bond acceptors (Lipinski definition) is 3. The number of ether oxygens (including phenoxy) is 2. The second-order valence-corrected chi connectivity index (χ2v) is 7.06. The van der Waals surface area contributed by atoms with Crippen LogP contribution in [0.5, 0.6) is 11.5 Å². The molecule has 1 aliphatic rings. The van der Waals surface area contributed by atoms with E-state index in [9.17, 15) is 4.21 Å². The standard InChI is InChI=1S/C18H20O3S/c1-13-6-7-14(2)16(10-13)12-22(19)11-15-4-3-5-17-18(15)21-9-8-20-17/h3-7,10H,8-9,11-12H2,1-2H3/t22-/m1/s1. The van der Waals surface area contributed by atoms with Gasteiger partial charge in [0.05, 0.1) is 5.75 Å².